The van der Waals surface area contributed by atoms with Gasteiger partial charge in [-0.2, -0.15) is 0 Å². The van der Waals surface area contributed by atoms with E-state index in [-0.39, 0.29) is 17.9 Å². The molecule has 0 aliphatic carbocycles. The number of rotatable bonds is 3. The van der Waals surface area contributed by atoms with Crippen LogP contribution in [-0.4, -0.2) is 11.5 Å². The topological polar surface area (TPSA) is 38.3 Å². The van der Waals surface area contributed by atoms with Crippen LogP contribution in [-0.2, 0) is 11.2 Å². The van der Waals surface area contributed by atoms with E-state index in [1.165, 1.54) is 5.57 Å². The van der Waals surface area contributed by atoms with Crippen LogP contribution in [0.2, 0.25) is 0 Å². The van der Waals surface area contributed by atoms with Crippen molar-refractivity contribution >= 4 is 28.0 Å². The van der Waals surface area contributed by atoms with Gasteiger partial charge in [-0.05, 0) is 60.9 Å². The Morgan fingerprint density at radius 1 is 1.04 bits per heavy atom. The third-order valence-corrected chi connectivity index (χ3v) is 4.90. The zero-order valence-corrected chi connectivity index (χ0v) is 15.9. The van der Waals surface area contributed by atoms with Crippen molar-refractivity contribution in [3.05, 3.63) is 77.9 Å². The molecule has 4 rings (SSSR count). The number of nitrogens with one attached hydrogen (secondary N) is 1. The molecule has 3 nitrogen and oxygen atoms in total. The number of hydrogen-bond acceptors (Lipinski definition) is 3. The highest BCUT2D eigenvalue weighted by Gasteiger charge is 2.23. The molecular weight excluding hydrogens is 334 g/mol. The second-order valence-corrected chi connectivity index (χ2v) is 7.67. The lowest BCUT2D eigenvalue weighted by Gasteiger charge is -2.31. The fourth-order valence-electron chi connectivity index (χ4n) is 3.79. The maximum Gasteiger partial charge on any atom is 0.315 e. The van der Waals surface area contributed by atoms with E-state index in [1.54, 1.807) is 0 Å². The molecule has 0 radical (unpaired) electrons. The van der Waals surface area contributed by atoms with E-state index in [0.717, 1.165) is 27.6 Å². The number of anilines is 1. The number of ether oxygens (including phenoxy) is 1. The van der Waals surface area contributed by atoms with E-state index in [9.17, 15) is 4.79 Å². The maximum atomic E-state index is 12.5. The second-order valence-electron chi connectivity index (χ2n) is 7.67. The fourth-order valence-corrected chi connectivity index (χ4v) is 3.79. The Hall–Kier alpha value is -3.07. The summed E-state index contributed by atoms with van der Waals surface area (Å²) in [7, 11) is 0. The number of carbonyl (C=O) groups excluding carboxylic acids is 1. The van der Waals surface area contributed by atoms with Crippen LogP contribution in [0, 0.1) is 0 Å². The predicted octanol–water partition coefficient (Wildman–Crippen LogP) is 5.60. The van der Waals surface area contributed by atoms with Crippen LogP contribution in [0.5, 0.6) is 5.75 Å². The number of allylic oxidation sites excluding steroid dienone is 1. The van der Waals surface area contributed by atoms with E-state index in [0.29, 0.717) is 5.75 Å². The van der Waals surface area contributed by atoms with Gasteiger partial charge in [0.25, 0.3) is 0 Å². The monoisotopic (exact) mass is 357 g/mol. The molecule has 0 aromatic heterocycles. The van der Waals surface area contributed by atoms with Gasteiger partial charge in [-0.25, -0.2) is 0 Å². The summed E-state index contributed by atoms with van der Waals surface area (Å²) >= 11 is 0. The van der Waals surface area contributed by atoms with Crippen LogP contribution in [0.25, 0.3) is 16.3 Å². The average molecular weight is 357 g/mol. The van der Waals surface area contributed by atoms with Crippen molar-refractivity contribution in [1.29, 1.82) is 0 Å². The molecule has 27 heavy (non-hydrogen) atoms. The second kappa shape index (κ2) is 6.58. The van der Waals surface area contributed by atoms with Crippen LogP contribution in [0.1, 0.15) is 31.9 Å². The van der Waals surface area contributed by atoms with Gasteiger partial charge in [-0.15, -0.1) is 0 Å². The van der Waals surface area contributed by atoms with E-state index in [2.05, 4.69) is 44.3 Å². The minimum atomic E-state index is -0.253. The summed E-state index contributed by atoms with van der Waals surface area (Å²) in [5.74, 6) is 0.324. The van der Waals surface area contributed by atoms with Gasteiger partial charge >= 0.3 is 5.97 Å². The molecule has 0 saturated carbocycles. The van der Waals surface area contributed by atoms with E-state index < -0.39 is 0 Å². The van der Waals surface area contributed by atoms with Crippen molar-refractivity contribution in [2.75, 3.05) is 5.32 Å². The lowest BCUT2D eigenvalue weighted by Crippen LogP contribution is -2.31. The van der Waals surface area contributed by atoms with Crippen molar-refractivity contribution in [2.45, 2.75) is 32.7 Å². The zero-order valence-electron chi connectivity index (χ0n) is 15.9. The lowest BCUT2D eigenvalue weighted by atomic mass is 9.91. The molecular formula is C24H23NO2. The molecule has 0 spiro atoms. The van der Waals surface area contributed by atoms with E-state index in [1.807, 2.05) is 48.5 Å². The highest BCUT2D eigenvalue weighted by molar-refractivity contribution is 5.89. The molecule has 0 saturated heterocycles. The number of esters is 1. The Morgan fingerprint density at radius 3 is 2.67 bits per heavy atom. The van der Waals surface area contributed by atoms with Gasteiger partial charge in [0.05, 0.1) is 12.0 Å². The van der Waals surface area contributed by atoms with Gasteiger partial charge in [0.1, 0.15) is 5.75 Å². The number of carbonyl (C=O) groups is 1. The van der Waals surface area contributed by atoms with Gasteiger partial charge in [-0.3, -0.25) is 4.79 Å². The minimum Gasteiger partial charge on any atom is -0.426 e. The summed E-state index contributed by atoms with van der Waals surface area (Å²) in [5, 5.41) is 5.71. The molecule has 0 fully saturated rings. The van der Waals surface area contributed by atoms with Gasteiger partial charge in [-0.1, -0.05) is 48.5 Å². The molecule has 0 atom stereocenters. The molecule has 1 aliphatic heterocycles. The minimum absolute atomic E-state index is 0.0797. The van der Waals surface area contributed by atoms with Gasteiger partial charge in [0, 0.05) is 11.3 Å². The largest absolute Gasteiger partial charge is 0.426 e. The van der Waals surface area contributed by atoms with Gasteiger partial charge in [0.15, 0.2) is 0 Å². The predicted molar refractivity (Wildman–Crippen MR) is 111 cm³/mol. The summed E-state index contributed by atoms with van der Waals surface area (Å²) in [6, 6.07) is 19.9. The Balaban J connectivity index is 1.55. The number of fused-ring (bicyclic) bond motifs is 2. The molecule has 3 aromatic carbocycles. The molecule has 1 aliphatic rings. The summed E-state index contributed by atoms with van der Waals surface area (Å²) in [6.45, 7) is 6.36. The fraction of sp³-hybridized carbons (Fsp3) is 0.208. The summed E-state index contributed by atoms with van der Waals surface area (Å²) in [4.78, 5) is 12.5. The van der Waals surface area contributed by atoms with Crippen molar-refractivity contribution in [3.8, 4) is 5.75 Å². The van der Waals surface area contributed by atoms with Crippen molar-refractivity contribution in [1.82, 2.24) is 0 Å². The first kappa shape index (κ1) is 17.3. The number of benzene rings is 3. The summed E-state index contributed by atoms with van der Waals surface area (Å²) in [6.07, 6.45) is 2.44. The molecule has 0 amide bonds. The van der Waals surface area contributed by atoms with Crippen LogP contribution in [0.15, 0.2) is 66.7 Å². The Bertz CT molecular complexity index is 1060. The molecule has 0 bridgehead atoms. The first-order chi connectivity index (χ1) is 12.9. The van der Waals surface area contributed by atoms with Crippen molar-refractivity contribution in [2.24, 2.45) is 0 Å². The zero-order chi connectivity index (χ0) is 19.0. The van der Waals surface area contributed by atoms with Crippen LogP contribution < -0.4 is 10.1 Å². The molecule has 3 aromatic rings. The first-order valence-electron chi connectivity index (χ1n) is 9.21. The molecule has 1 heterocycles. The van der Waals surface area contributed by atoms with Crippen molar-refractivity contribution in [3.63, 3.8) is 0 Å². The highest BCUT2D eigenvalue weighted by atomic mass is 16.5. The standard InChI is InChI=1S/C24H23NO2/c1-16-15-24(2,3)25-22-12-11-19(14-21(16)22)27-23(26)13-18-9-6-8-17-7-4-5-10-20(17)18/h4-12,14-15,25H,13H2,1-3H3. The third-order valence-electron chi connectivity index (χ3n) is 4.90. The molecule has 3 heteroatoms. The third kappa shape index (κ3) is 3.59. The first-order valence-corrected chi connectivity index (χ1v) is 9.21. The van der Waals surface area contributed by atoms with Crippen LogP contribution >= 0.6 is 0 Å². The average Bonchev–Trinajstić information content (AvgIpc) is 2.62. The summed E-state index contributed by atoms with van der Waals surface area (Å²) < 4.78 is 5.64. The van der Waals surface area contributed by atoms with E-state index >= 15 is 0 Å². The molecule has 1 N–H and O–H groups in total. The van der Waals surface area contributed by atoms with Crippen LogP contribution in [0.3, 0.4) is 0 Å². The van der Waals surface area contributed by atoms with Gasteiger partial charge < -0.3 is 10.1 Å². The quantitative estimate of drug-likeness (QED) is 0.490. The summed E-state index contributed by atoms with van der Waals surface area (Å²) in [5.41, 5.74) is 4.22. The van der Waals surface area contributed by atoms with Crippen LogP contribution in [0.4, 0.5) is 5.69 Å². The Morgan fingerprint density at radius 2 is 1.81 bits per heavy atom. The van der Waals surface area contributed by atoms with Crippen molar-refractivity contribution < 1.29 is 9.53 Å². The number of hydrogen-bond donors (Lipinski definition) is 1. The van der Waals surface area contributed by atoms with Gasteiger partial charge in [0.2, 0.25) is 0 Å². The van der Waals surface area contributed by atoms with E-state index in [4.69, 9.17) is 4.74 Å². The normalized spacial score (nSPS) is 14.9. The maximum absolute atomic E-state index is 12.5. The molecule has 136 valence electrons. The Kier molecular flexibility index (Phi) is 4.23. The molecule has 0 unspecified atom stereocenters. The SMILES string of the molecule is CC1=CC(C)(C)Nc2ccc(OC(=O)Cc3cccc4ccccc34)cc21. The Labute approximate surface area is 159 Å². The lowest BCUT2D eigenvalue weighted by molar-refractivity contribution is -0.133. The highest BCUT2D eigenvalue weighted by Crippen LogP contribution is 2.35. The smallest absolute Gasteiger partial charge is 0.315 e.